The van der Waals surface area contributed by atoms with Gasteiger partial charge in [0.2, 0.25) is 0 Å². The summed E-state index contributed by atoms with van der Waals surface area (Å²) in [6.07, 6.45) is -0.982. The maximum atomic E-state index is 11.8. The van der Waals surface area contributed by atoms with Crippen LogP contribution in [0, 0.1) is 6.92 Å². The largest absolute Gasteiger partial charge is 0.453 e. The van der Waals surface area contributed by atoms with Gasteiger partial charge in [-0.25, -0.2) is 0 Å². The second-order valence-electron chi connectivity index (χ2n) is 4.41. The van der Waals surface area contributed by atoms with Gasteiger partial charge in [0.15, 0.2) is 6.10 Å². The van der Waals surface area contributed by atoms with E-state index in [0.717, 1.165) is 5.56 Å². The van der Waals surface area contributed by atoms with Crippen LogP contribution in [0.15, 0.2) is 24.3 Å². The van der Waals surface area contributed by atoms with E-state index in [1.807, 2.05) is 13.0 Å². The number of esters is 1. The summed E-state index contributed by atoms with van der Waals surface area (Å²) in [5.74, 6) is -1.55. The quantitative estimate of drug-likeness (QED) is 0.741. The Balaban J connectivity index is 2.35. The third kappa shape index (κ3) is 5.09. The fourth-order valence-corrected chi connectivity index (χ4v) is 1.48. The average molecular weight is 278 g/mol. The summed E-state index contributed by atoms with van der Waals surface area (Å²) in [6.45, 7) is 3.42. The van der Waals surface area contributed by atoms with Crippen LogP contribution >= 0.6 is 0 Å². The summed E-state index contributed by atoms with van der Waals surface area (Å²) in [4.78, 5) is 33.8. The monoisotopic (exact) mass is 278 g/mol. The summed E-state index contributed by atoms with van der Waals surface area (Å²) >= 11 is 0. The number of benzene rings is 1. The van der Waals surface area contributed by atoms with E-state index in [4.69, 9.17) is 10.5 Å². The summed E-state index contributed by atoms with van der Waals surface area (Å²) in [5.41, 5.74) is 6.48. The minimum absolute atomic E-state index is 0.0187. The van der Waals surface area contributed by atoms with Gasteiger partial charge in [0.1, 0.15) is 0 Å². The normalized spacial score (nSPS) is 11.5. The van der Waals surface area contributed by atoms with E-state index < -0.39 is 18.0 Å². The van der Waals surface area contributed by atoms with Crippen LogP contribution < -0.4 is 11.1 Å². The van der Waals surface area contributed by atoms with Gasteiger partial charge in [-0.05, 0) is 26.0 Å². The number of amides is 2. The molecule has 0 saturated carbocycles. The zero-order valence-electron chi connectivity index (χ0n) is 11.5. The molecule has 6 heteroatoms. The molecule has 0 aromatic heterocycles. The minimum Gasteiger partial charge on any atom is -0.453 e. The number of carbonyl (C=O) groups excluding carboxylic acids is 3. The first kappa shape index (κ1) is 15.7. The van der Waals surface area contributed by atoms with Gasteiger partial charge in [-0.15, -0.1) is 0 Å². The Morgan fingerprint density at radius 2 is 2.05 bits per heavy atom. The number of hydrogen-bond acceptors (Lipinski definition) is 4. The molecule has 0 spiro atoms. The summed E-state index contributed by atoms with van der Waals surface area (Å²) in [6, 6.07) is 7.12. The number of hydrogen-bond donors (Lipinski definition) is 2. The number of carbonyl (C=O) groups is 3. The SMILES string of the molecule is Cc1cccc(C(=O)NCCC(=O)O[C@@H](C)C(N)=O)c1. The van der Waals surface area contributed by atoms with Gasteiger partial charge in [-0.2, -0.15) is 0 Å². The van der Waals surface area contributed by atoms with Gasteiger partial charge in [-0.1, -0.05) is 17.7 Å². The lowest BCUT2D eigenvalue weighted by atomic mass is 10.1. The first-order chi connectivity index (χ1) is 9.40. The van der Waals surface area contributed by atoms with E-state index >= 15 is 0 Å². The Labute approximate surface area is 117 Å². The van der Waals surface area contributed by atoms with E-state index in [9.17, 15) is 14.4 Å². The molecule has 3 N–H and O–H groups in total. The molecule has 0 saturated heterocycles. The van der Waals surface area contributed by atoms with Crippen LogP contribution in [-0.4, -0.2) is 30.4 Å². The van der Waals surface area contributed by atoms with Crippen molar-refractivity contribution in [1.29, 1.82) is 0 Å². The van der Waals surface area contributed by atoms with Crippen molar-refractivity contribution < 1.29 is 19.1 Å². The molecule has 6 nitrogen and oxygen atoms in total. The van der Waals surface area contributed by atoms with Crippen LogP contribution in [0.2, 0.25) is 0 Å². The Morgan fingerprint density at radius 1 is 1.35 bits per heavy atom. The molecular weight excluding hydrogens is 260 g/mol. The number of aryl methyl sites for hydroxylation is 1. The molecular formula is C14H18N2O4. The maximum absolute atomic E-state index is 11.8. The third-order valence-electron chi connectivity index (χ3n) is 2.60. The minimum atomic E-state index is -0.963. The predicted octanol–water partition coefficient (Wildman–Crippen LogP) is 0.532. The molecule has 0 aliphatic carbocycles. The van der Waals surface area contributed by atoms with Crippen molar-refractivity contribution in [3.05, 3.63) is 35.4 Å². The van der Waals surface area contributed by atoms with Crippen molar-refractivity contribution in [2.45, 2.75) is 26.4 Å². The second-order valence-corrected chi connectivity index (χ2v) is 4.41. The highest BCUT2D eigenvalue weighted by atomic mass is 16.5. The van der Waals surface area contributed by atoms with Crippen molar-refractivity contribution in [3.8, 4) is 0 Å². The van der Waals surface area contributed by atoms with Crippen molar-refractivity contribution in [3.63, 3.8) is 0 Å². The molecule has 0 fully saturated rings. The van der Waals surface area contributed by atoms with Gasteiger partial charge in [0.05, 0.1) is 6.42 Å². The van der Waals surface area contributed by atoms with Crippen molar-refractivity contribution in [2.24, 2.45) is 5.73 Å². The maximum Gasteiger partial charge on any atom is 0.308 e. The van der Waals surface area contributed by atoms with Crippen LogP contribution in [0.5, 0.6) is 0 Å². The topological polar surface area (TPSA) is 98.5 Å². The molecule has 0 bridgehead atoms. The Hall–Kier alpha value is -2.37. The number of rotatable bonds is 6. The smallest absolute Gasteiger partial charge is 0.308 e. The lowest BCUT2D eigenvalue weighted by Crippen LogP contribution is -2.32. The number of nitrogens with one attached hydrogen (secondary N) is 1. The average Bonchev–Trinajstić information content (AvgIpc) is 2.38. The molecule has 0 aliphatic rings. The van der Waals surface area contributed by atoms with E-state index in [0.29, 0.717) is 5.56 Å². The molecule has 1 rings (SSSR count). The molecule has 0 unspecified atom stereocenters. The lowest BCUT2D eigenvalue weighted by Gasteiger charge is -2.10. The molecule has 2 amide bonds. The van der Waals surface area contributed by atoms with Crippen LogP contribution in [0.1, 0.15) is 29.3 Å². The molecule has 0 radical (unpaired) electrons. The standard InChI is InChI=1S/C14H18N2O4/c1-9-4-3-5-11(8-9)14(19)16-7-6-12(17)20-10(2)13(15)18/h3-5,8,10H,6-7H2,1-2H3,(H2,15,18)(H,16,19)/t10-/m0/s1. The molecule has 20 heavy (non-hydrogen) atoms. The number of nitrogens with two attached hydrogens (primary N) is 1. The highest BCUT2D eigenvalue weighted by Crippen LogP contribution is 2.03. The fraction of sp³-hybridized carbons (Fsp3) is 0.357. The van der Waals surface area contributed by atoms with Crippen molar-refractivity contribution in [1.82, 2.24) is 5.32 Å². The Kier molecular flexibility index (Phi) is 5.71. The van der Waals surface area contributed by atoms with Crippen LogP contribution in [0.25, 0.3) is 0 Å². The van der Waals surface area contributed by atoms with Gasteiger partial charge in [0.25, 0.3) is 11.8 Å². The molecule has 1 aromatic carbocycles. The Morgan fingerprint density at radius 3 is 2.65 bits per heavy atom. The number of ether oxygens (including phenoxy) is 1. The lowest BCUT2D eigenvalue weighted by molar-refractivity contribution is -0.153. The zero-order chi connectivity index (χ0) is 15.1. The van der Waals surface area contributed by atoms with Crippen molar-refractivity contribution >= 4 is 17.8 Å². The fourth-order valence-electron chi connectivity index (χ4n) is 1.48. The summed E-state index contributed by atoms with van der Waals surface area (Å²) < 4.78 is 4.75. The first-order valence-corrected chi connectivity index (χ1v) is 6.24. The van der Waals surface area contributed by atoms with Crippen LogP contribution in [0.4, 0.5) is 0 Å². The molecule has 108 valence electrons. The van der Waals surface area contributed by atoms with Crippen molar-refractivity contribution in [2.75, 3.05) is 6.54 Å². The summed E-state index contributed by atoms with van der Waals surface area (Å²) in [5, 5.41) is 2.60. The van der Waals surface area contributed by atoms with Gasteiger partial charge in [-0.3, -0.25) is 14.4 Å². The van der Waals surface area contributed by atoms with E-state index in [1.165, 1.54) is 6.92 Å². The molecule has 1 aromatic rings. The van der Waals surface area contributed by atoms with E-state index in [2.05, 4.69) is 5.32 Å². The van der Waals surface area contributed by atoms with E-state index in [1.54, 1.807) is 18.2 Å². The van der Waals surface area contributed by atoms with Crippen LogP contribution in [-0.2, 0) is 14.3 Å². The van der Waals surface area contributed by atoms with E-state index in [-0.39, 0.29) is 18.9 Å². The van der Waals surface area contributed by atoms with Crippen LogP contribution in [0.3, 0.4) is 0 Å². The van der Waals surface area contributed by atoms with Gasteiger partial charge in [0, 0.05) is 12.1 Å². The second kappa shape index (κ2) is 7.28. The third-order valence-corrected chi connectivity index (χ3v) is 2.60. The van der Waals surface area contributed by atoms with Gasteiger partial charge >= 0.3 is 5.97 Å². The molecule has 1 atom stereocenters. The predicted molar refractivity (Wildman–Crippen MR) is 72.9 cm³/mol. The summed E-state index contributed by atoms with van der Waals surface area (Å²) in [7, 11) is 0. The molecule has 0 heterocycles. The zero-order valence-corrected chi connectivity index (χ0v) is 11.5. The molecule has 0 aliphatic heterocycles. The van der Waals surface area contributed by atoms with Gasteiger partial charge < -0.3 is 15.8 Å². The first-order valence-electron chi connectivity index (χ1n) is 6.24. The number of primary amides is 1. The highest BCUT2D eigenvalue weighted by Gasteiger charge is 2.14. The Bertz CT molecular complexity index is 514. The highest BCUT2D eigenvalue weighted by molar-refractivity contribution is 5.94.